The molecule has 0 amide bonds. The molecule has 1 aromatic carbocycles. The maximum atomic E-state index is 5.61. The molecule has 1 aliphatic rings. The fraction of sp³-hybridized carbons (Fsp3) is 0.650. The van der Waals surface area contributed by atoms with E-state index < -0.39 is 0 Å². The molecule has 0 aliphatic carbocycles. The second-order valence-corrected chi connectivity index (χ2v) is 6.72. The molecule has 0 aromatic heterocycles. The van der Waals surface area contributed by atoms with Crippen molar-refractivity contribution in [3.63, 3.8) is 0 Å². The molecule has 2 rings (SSSR count). The molecule has 0 bridgehead atoms. The summed E-state index contributed by atoms with van der Waals surface area (Å²) >= 11 is 0. The summed E-state index contributed by atoms with van der Waals surface area (Å²) in [7, 11) is 3.45. The van der Waals surface area contributed by atoms with E-state index in [-0.39, 0.29) is 12.1 Å². The van der Waals surface area contributed by atoms with Crippen molar-refractivity contribution in [3.8, 4) is 5.75 Å². The van der Waals surface area contributed by atoms with Crippen molar-refractivity contribution in [3.05, 3.63) is 29.8 Å². The molecule has 1 saturated heterocycles. The molecule has 2 N–H and O–H groups in total. The monoisotopic (exact) mass is 362 g/mol. The van der Waals surface area contributed by atoms with Crippen LogP contribution in [0.1, 0.15) is 38.3 Å². The van der Waals surface area contributed by atoms with Gasteiger partial charge in [-0.2, -0.15) is 0 Å². The van der Waals surface area contributed by atoms with E-state index in [0.717, 1.165) is 31.3 Å². The van der Waals surface area contributed by atoms with E-state index in [1.54, 1.807) is 14.2 Å². The lowest BCUT2D eigenvalue weighted by molar-refractivity contribution is 0.179. The summed E-state index contributed by atoms with van der Waals surface area (Å²) in [6.07, 6.45) is 2.50. The molecular weight excluding hydrogens is 328 g/mol. The summed E-state index contributed by atoms with van der Waals surface area (Å²) in [6, 6.07) is 8.72. The lowest BCUT2D eigenvalue weighted by Gasteiger charge is -2.28. The van der Waals surface area contributed by atoms with E-state index in [1.165, 1.54) is 18.4 Å². The van der Waals surface area contributed by atoms with Crippen molar-refractivity contribution >= 4 is 5.96 Å². The van der Waals surface area contributed by atoms with E-state index in [1.807, 2.05) is 12.1 Å². The Morgan fingerprint density at radius 2 is 1.96 bits per heavy atom. The van der Waals surface area contributed by atoms with Gasteiger partial charge >= 0.3 is 0 Å². The summed E-state index contributed by atoms with van der Waals surface area (Å²) in [5.74, 6) is 1.77. The van der Waals surface area contributed by atoms with E-state index in [9.17, 15) is 0 Å². The summed E-state index contributed by atoms with van der Waals surface area (Å²) < 4.78 is 10.8. The van der Waals surface area contributed by atoms with Gasteiger partial charge < -0.3 is 20.1 Å². The van der Waals surface area contributed by atoms with Crippen LogP contribution in [0.5, 0.6) is 5.75 Å². The van der Waals surface area contributed by atoms with Gasteiger partial charge in [0, 0.05) is 25.3 Å². The van der Waals surface area contributed by atoms with Crippen molar-refractivity contribution in [1.82, 2.24) is 15.5 Å². The normalized spacial score (nSPS) is 17.8. The highest BCUT2D eigenvalue weighted by Crippen LogP contribution is 2.31. The third-order valence-corrected chi connectivity index (χ3v) is 4.65. The van der Waals surface area contributed by atoms with Crippen molar-refractivity contribution < 1.29 is 9.47 Å². The number of hydrogen-bond donors (Lipinski definition) is 2. The summed E-state index contributed by atoms with van der Waals surface area (Å²) in [4.78, 5) is 7.39. The van der Waals surface area contributed by atoms with Crippen molar-refractivity contribution in [2.24, 2.45) is 4.99 Å². The fourth-order valence-electron chi connectivity index (χ4n) is 3.43. The lowest BCUT2D eigenvalue weighted by atomic mass is 10.0. The van der Waals surface area contributed by atoms with Gasteiger partial charge in [0.05, 0.1) is 26.3 Å². The van der Waals surface area contributed by atoms with Crippen molar-refractivity contribution in [2.45, 2.75) is 38.8 Å². The summed E-state index contributed by atoms with van der Waals surface area (Å²) in [5.41, 5.74) is 1.21. The number of nitrogens with one attached hydrogen (secondary N) is 2. The number of para-hydroxylation sites is 1. The zero-order chi connectivity index (χ0) is 18.8. The Labute approximate surface area is 158 Å². The maximum Gasteiger partial charge on any atom is 0.191 e. The Morgan fingerprint density at radius 1 is 1.23 bits per heavy atom. The number of ether oxygens (including phenoxy) is 2. The van der Waals surface area contributed by atoms with Crippen LogP contribution in [-0.4, -0.2) is 63.9 Å². The highest BCUT2D eigenvalue weighted by molar-refractivity contribution is 5.80. The fourth-order valence-corrected chi connectivity index (χ4v) is 3.43. The van der Waals surface area contributed by atoms with Crippen molar-refractivity contribution in [1.29, 1.82) is 0 Å². The van der Waals surface area contributed by atoms with Gasteiger partial charge in [0.15, 0.2) is 5.96 Å². The van der Waals surface area contributed by atoms with Gasteiger partial charge in [0.2, 0.25) is 0 Å². The van der Waals surface area contributed by atoms with Crippen LogP contribution in [-0.2, 0) is 4.74 Å². The van der Waals surface area contributed by atoms with Crippen LogP contribution in [0.2, 0.25) is 0 Å². The summed E-state index contributed by atoms with van der Waals surface area (Å²) in [5, 5.41) is 6.74. The van der Waals surface area contributed by atoms with Crippen LogP contribution in [0.4, 0.5) is 0 Å². The molecule has 146 valence electrons. The minimum atomic E-state index is 0.203. The third kappa shape index (κ3) is 5.88. The van der Waals surface area contributed by atoms with E-state index in [2.05, 4.69) is 41.5 Å². The largest absolute Gasteiger partial charge is 0.496 e. The minimum absolute atomic E-state index is 0.203. The number of rotatable bonds is 9. The number of nitrogens with zero attached hydrogens (tertiary/aromatic N) is 2. The van der Waals surface area contributed by atoms with Gasteiger partial charge in [-0.3, -0.25) is 9.89 Å². The van der Waals surface area contributed by atoms with Gasteiger partial charge in [-0.1, -0.05) is 18.2 Å². The Bertz CT molecular complexity index is 558. The van der Waals surface area contributed by atoms with E-state index in [4.69, 9.17) is 14.5 Å². The first-order chi connectivity index (χ1) is 12.7. The van der Waals surface area contributed by atoms with Crippen LogP contribution in [0.25, 0.3) is 0 Å². The van der Waals surface area contributed by atoms with Crippen LogP contribution in [0.3, 0.4) is 0 Å². The number of likely N-dealkylation sites (tertiary alicyclic amines) is 1. The lowest BCUT2D eigenvalue weighted by Crippen LogP contribution is -2.44. The van der Waals surface area contributed by atoms with E-state index >= 15 is 0 Å². The van der Waals surface area contributed by atoms with Crippen LogP contribution in [0.15, 0.2) is 29.3 Å². The van der Waals surface area contributed by atoms with Gasteiger partial charge in [-0.05, 0) is 45.8 Å². The number of aliphatic imine (C=N–C) groups is 1. The molecule has 0 spiro atoms. The number of guanidine groups is 1. The predicted molar refractivity (Wildman–Crippen MR) is 107 cm³/mol. The molecule has 0 radical (unpaired) electrons. The average molecular weight is 363 g/mol. The number of hydrogen-bond acceptors (Lipinski definition) is 4. The Hall–Kier alpha value is -1.79. The highest BCUT2D eigenvalue weighted by Gasteiger charge is 2.25. The van der Waals surface area contributed by atoms with Crippen LogP contribution < -0.4 is 15.4 Å². The molecular formula is C20H34N4O2. The maximum absolute atomic E-state index is 5.61. The van der Waals surface area contributed by atoms with Gasteiger partial charge in [-0.25, -0.2) is 0 Å². The zero-order valence-corrected chi connectivity index (χ0v) is 16.6. The van der Waals surface area contributed by atoms with Crippen LogP contribution in [0, 0.1) is 0 Å². The summed E-state index contributed by atoms with van der Waals surface area (Å²) in [6.45, 7) is 8.56. The number of methoxy groups -OCH3 is 2. The smallest absolute Gasteiger partial charge is 0.191 e. The second kappa shape index (κ2) is 11.0. The standard InChI is InChI=1S/C20H34N4O2/c1-5-21-20(23-16(2)15-25-3)22-14-18(24-12-8-9-13-24)17-10-6-7-11-19(17)26-4/h6-7,10-11,16,18H,5,8-9,12-15H2,1-4H3,(H2,21,22,23). The SMILES string of the molecule is CCNC(=NCC(c1ccccc1OC)N1CCCC1)NC(C)COC. The molecule has 6 heteroatoms. The first-order valence-corrected chi connectivity index (χ1v) is 9.60. The average Bonchev–Trinajstić information content (AvgIpc) is 3.17. The van der Waals surface area contributed by atoms with Gasteiger partial charge in [0.25, 0.3) is 0 Å². The zero-order valence-electron chi connectivity index (χ0n) is 16.6. The second-order valence-electron chi connectivity index (χ2n) is 6.72. The van der Waals surface area contributed by atoms with Crippen LogP contribution >= 0.6 is 0 Å². The molecule has 1 aromatic rings. The number of benzene rings is 1. The Morgan fingerprint density at radius 3 is 2.62 bits per heavy atom. The molecule has 0 saturated carbocycles. The topological polar surface area (TPSA) is 58.1 Å². The molecule has 1 fully saturated rings. The Balaban J connectivity index is 2.19. The van der Waals surface area contributed by atoms with Gasteiger partial charge in [-0.15, -0.1) is 0 Å². The molecule has 26 heavy (non-hydrogen) atoms. The minimum Gasteiger partial charge on any atom is -0.496 e. The van der Waals surface area contributed by atoms with E-state index in [0.29, 0.717) is 13.2 Å². The molecule has 1 aliphatic heterocycles. The Kier molecular flexibility index (Phi) is 8.71. The first kappa shape index (κ1) is 20.5. The van der Waals surface area contributed by atoms with Gasteiger partial charge in [0.1, 0.15) is 5.75 Å². The molecule has 6 nitrogen and oxygen atoms in total. The van der Waals surface area contributed by atoms with Crippen molar-refractivity contribution in [2.75, 3.05) is 47.0 Å². The third-order valence-electron chi connectivity index (χ3n) is 4.65. The molecule has 1 heterocycles. The quantitative estimate of drug-likeness (QED) is 0.522. The predicted octanol–water partition coefficient (Wildman–Crippen LogP) is 2.42. The first-order valence-electron chi connectivity index (χ1n) is 9.60. The molecule has 2 unspecified atom stereocenters. The highest BCUT2D eigenvalue weighted by atomic mass is 16.5. The molecule has 2 atom stereocenters.